The molecule has 0 aromatic heterocycles. The number of carbonyl (C=O) groups is 3. The third-order valence-corrected chi connectivity index (χ3v) is 7.60. The number of amides is 1. The topological polar surface area (TPSA) is 109 Å². The minimum Gasteiger partial charge on any atom is -0.466 e. The maximum absolute atomic E-state index is 13.5. The van der Waals surface area contributed by atoms with Crippen molar-refractivity contribution in [1.29, 1.82) is 0 Å². The third kappa shape index (κ3) is 2.75. The Balaban J connectivity index is 1.80. The number of aliphatic imine (C=N–C) groups is 1. The molecule has 3 aliphatic heterocycles. The SMILES string of the molecule is COC(=O)C1=C(C(=O)OC)C2N(C)c3ccccc3[C@@]23CC(CO)N(C(=O)C2CCC2)C3=N1. The monoisotopic (exact) mass is 453 g/mol. The molecule has 33 heavy (non-hydrogen) atoms. The quantitative estimate of drug-likeness (QED) is 0.681. The van der Waals surface area contributed by atoms with E-state index in [-0.39, 0.29) is 29.7 Å². The lowest BCUT2D eigenvalue weighted by atomic mass is 9.69. The summed E-state index contributed by atoms with van der Waals surface area (Å²) in [7, 11) is 4.33. The molecule has 3 atom stereocenters. The number of carbonyl (C=O) groups excluding carboxylic acids is 3. The van der Waals surface area contributed by atoms with E-state index in [1.54, 1.807) is 4.90 Å². The van der Waals surface area contributed by atoms with Gasteiger partial charge in [-0.3, -0.25) is 9.69 Å². The van der Waals surface area contributed by atoms with E-state index in [1.165, 1.54) is 14.2 Å². The lowest BCUT2D eigenvalue weighted by Crippen LogP contribution is -2.55. The number of anilines is 1. The van der Waals surface area contributed by atoms with Gasteiger partial charge >= 0.3 is 11.9 Å². The second kappa shape index (κ2) is 7.69. The number of methoxy groups -OCH3 is 2. The molecule has 9 nitrogen and oxygen atoms in total. The third-order valence-electron chi connectivity index (χ3n) is 7.60. The number of amidine groups is 1. The normalized spacial score (nSPS) is 27.9. The minimum absolute atomic E-state index is 0.0903. The Labute approximate surface area is 191 Å². The number of esters is 2. The molecule has 0 radical (unpaired) electrons. The number of likely N-dealkylation sites (N-methyl/N-ethyl adjacent to an activating group) is 1. The van der Waals surface area contributed by atoms with Crippen LogP contribution in [0.2, 0.25) is 0 Å². The summed E-state index contributed by atoms with van der Waals surface area (Å²) in [6.07, 6.45) is 2.95. The fourth-order valence-electron chi connectivity index (χ4n) is 5.92. The molecule has 1 saturated heterocycles. The summed E-state index contributed by atoms with van der Waals surface area (Å²) in [6.45, 7) is -0.251. The zero-order chi connectivity index (χ0) is 23.5. The molecule has 3 heterocycles. The maximum atomic E-state index is 13.5. The number of rotatable bonds is 4. The Bertz CT molecular complexity index is 1110. The summed E-state index contributed by atoms with van der Waals surface area (Å²) in [4.78, 5) is 47.6. The van der Waals surface area contributed by atoms with Crippen LogP contribution in [0.15, 0.2) is 40.5 Å². The molecule has 1 spiro atoms. The molecule has 1 aromatic rings. The molecule has 1 aromatic carbocycles. The smallest absolute Gasteiger partial charge is 0.357 e. The van der Waals surface area contributed by atoms with Crippen LogP contribution in [0.5, 0.6) is 0 Å². The van der Waals surface area contributed by atoms with Gasteiger partial charge in [0.1, 0.15) is 5.84 Å². The number of aliphatic hydroxyl groups excluding tert-OH is 1. The lowest BCUT2D eigenvalue weighted by molar-refractivity contribution is -0.139. The molecule has 1 amide bonds. The van der Waals surface area contributed by atoms with E-state index in [1.807, 2.05) is 36.2 Å². The lowest BCUT2D eigenvalue weighted by Gasteiger charge is -2.40. The van der Waals surface area contributed by atoms with Crippen LogP contribution in [0, 0.1) is 5.92 Å². The van der Waals surface area contributed by atoms with Crippen LogP contribution in [-0.4, -0.2) is 73.6 Å². The number of ether oxygens (including phenoxy) is 2. The Kier molecular flexibility index (Phi) is 5.04. The van der Waals surface area contributed by atoms with Gasteiger partial charge in [0.25, 0.3) is 0 Å². The van der Waals surface area contributed by atoms with Crippen LogP contribution >= 0.6 is 0 Å². The number of aliphatic hydroxyl groups is 1. The summed E-state index contributed by atoms with van der Waals surface area (Å²) in [5.41, 5.74) is 0.825. The summed E-state index contributed by atoms with van der Waals surface area (Å²) < 4.78 is 10.0. The zero-order valence-electron chi connectivity index (χ0n) is 18.9. The van der Waals surface area contributed by atoms with E-state index < -0.39 is 29.4 Å². The maximum Gasteiger partial charge on any atom is 0.357 e. The molecule has 1 N–H and O–H groups in total. The molecular weight excluding hydrogens is 426 g/mol. The first-order valence-corrected chi connectivity index (χ1v) is 11.2. The highest BCUT2D eigenvalue weighted by Gasteiger charge is 2.66. The molecule has 2 fully saturated rings. The molecule has 2 unspecified atom stereocenters. The summed E-state index contributed by atoms with van der Waals surface area (Å²) in [6, 6.07) is 6.55. The average Bonchev–Trinajstić information content (AvgIpc) is 3.27. The van der Waals surface area contributed by atoms with E-state index in [2.05, 4.69) is 4.99 Å². The van der Waals surface area contributed by atoms with Gasteiger partial charge in [-0.25, -0.2) is 14.6 Å². The number of hydrogen-bond acceptors (Lipinski definition) is 8. The van der Waals surface area contributed by atoms with E-state index >= 15 is 0 Å². The molecule has 9 heteroatoms. The van der Waals surface area contributed by atoms with Crippen LogP contribution in [0.4, 0.5) is 5.69 Å². The van der Waals surface area contributed by atoms with Crippen LogP contribution in [0.1, 0.15) is 31.2 Å². The predicted octanol–water partition coefficient (Wildman–Crippen LogP) is 1.15. The van der Waals surface area contributed by atoms with Gasteiger partial charge in [-0.15, -0.1) is 0 Å². The van der Waals surface area contributed by atoms with Crippen molar-refractivity contribution in [1.82, 2.24) is 4.90 Å². The van der Waals surface area contributed by atoms with Gasteiger partial charge in [0.15, 0.2) is 5.70 Å². The molecule has 4 aliphatic rings. The number of nitrogens with zero attached hydrogens (tertiary/aromatic N) is 3. The van der Waals surface area contributed by atoms with Crippen LogP contribution < -0.4 is 4.90 Å². The van der Waals surface area contributed by atoms with Crippen LogP contribution in [-0.2, 0) is 29.3 Å². The Morgan fingerprint density at radius 2 is 1.85 bits per heavy atom. The van der Waals surface area contributed by atoms with Gasteiger partial charge in [0, 0.05) is 18.7 Å². The predicted molar refractivity (Wildman–Crippen MR) is 118 cm³/mol. The second-order valence-corrected chi connectivity index (χ2v) is 9.06. The first-order chi connectivity index (χ1) is 15.9. The molecule has 5 rings (SSSR count). The second-order valence-electron chi connectivity index (χ2n) is 9.06. The summed E-state index contributed by atoms with van der Waals surface area (Å²) in [5.74, 6) is -1.27. The van der Waals surface area contributed by atoms with Gasteiger partial charge in [0.2, 0.25) is 5.91 Å². The first-order valence-electron chi connectivity index (χ1n) is 11.2. The van der Waals surface area contributed by atoms with Gasteiger partial charge in [-0.05, 0) is 30.9 Å². The number of fused-ring (bicyclic) bond motifs is 1. The van der Waals surface area contributed by atoms with Crippen molar-refractivity contribution in [2.75, 3.05) is 32.8 Å². The van der Waals surface area contributed by atoms with E-state index in [4.69, 9.17) is 9.47 Å². The van der Waals surface area contributed by atoms with Gasteiger partial charge in [-0.1, -0.05) is 24.6 Å². The van der Waals surface area contributed by atoms with Crippen molar-refractivity contribution >= 4 is 29.4 Å². The summed E-state index contributed by atoms with van der Waals surface area (Å²) in [5, 5.41) is 10.3. The number of benzene rings is 1. The fourth-order valence-corrected chi connectivity index (χ4v) is 5.92. The van der Waals surface area contributed by atoms with E-state index in [9.17, 15) is 19.5 Å². The van der Waals surface area contributed by atoms with Crippen molar-refractivity contribution in [2.45, 2.75) is 43.2 Å². The molecule has 174 valence electrons. The fraction of sp³-hybridized carbons (Fsp3) is 0.500. The van der Waals surface area contributed by atoms with E-state index in [0.717, 1.165) is 30.5 Å². The van der Waals surface area contributed by atoms with Crippen molar-refractivity contribution < 1.29 is 29.0 Å². The first kappa shape index (κ1) is 21.6. The van der Waals surface area contributed by atoms with Crippen molar-refractivity contribution in [3.05, 3.63) is 41.1 Å². The number of likely N-dealkylation sites (tertiary alicyclic amines) is 1. The minimum atomic E-state index is -0.890. The van der Waals surface area contributed by atoms with Crippen molar-refractivity contribution in [3.8, 4) is 0 Å². The highest BCUT2D eigenvalue weighted by atomic mass is 16.5. The highest BCUT2D eigenvalue weighted by molar-refractivity contribution is 6.16. The van der Waals surface area contributed by atoms with Crippen molar-refractivity contribution in [3.63, 3.8) is 0 Å². The molecule has 0 bridgehead atoms. The molecule has 1 saturated carbocycles. The zero-order valence-corrected chi connectivity index (χ0v) is 18.9. The highest BCUT2D eigenvalue weighted by Crippen LogP contribution is 2.57. The van der Waals surface area contributed by atoms with Crippen LogP contribution in [0.3, 0.4) is 0 Å². The van der Waals surface area contributed by atoms with E-state index in [0.29, 0.717) is 12.3 Å². The largest absolute Gasteiger partial charge is 0.466 e. The number of hydrogen-bond donors (Lipinski definition) is 1. The average molecular weight is 453 g/mol. The molecule has 1 aliphatic carbocycles. The van der Waals surface area contributed by atoms with Gasteiger partial charge < -0.3 is 19.5 Å². The van der Waals surface area contributed by atoms with Crippen LogP contribution in [0.25, 0.3) is 0 Å². The number of para-hydroxylation sites is 1. The Morgan fingerprint density at radius 3 is 2.45 bits per heavy atom. The summed E-state index contributed by atoms with van der Waals surface area (Å²) >= 11 is 0. The Morgan fingerprint density at radius 1 is 1.15 bits per heavy atom. The Hall–Kier alpha value is -3.20. The van der Waals surface area contributed by atoms with Gasteiger partial charge in [0.05, 0.1) is 43.9 Å². The molecular formula is C24H27N3O6. The van der Waals surface area contributed by atoms with Gasteiger partial charge in [-0.2, -0.15) is 0 Å². The standard InChI is InChI=1S/C24H27N3O6/c1-26-16-10-5-4-9-15(16)24-11-14(12-28)27(20(29)13-7-6-8-13)23(24)25-18(22(31)33-3)17(19(24)26)21(30)32-2/h4-5,9-10,13-14,19,28H,6-8,11-12H2,1-3H3/t14?,19?,24-/m0/s1. The van der Waals surface area contributed by atoms with Crippen molar-refractivity contribution in [2.24, 2.45) is 10.9 Å².